The van der Waals surface area contributed by atoms with E-state index in [4.69, 9.17) is 11.6 Å². The number of nitrogens with one attached hydrogen (secondary N) is 1. The van der Waals surface area contributed by atoms with Crippen LogP contribution in [0.25, 0.3) is 10.9 Å². The standard InChI is InChI=1S/C24H25ClN4O3S/c1-15(2)13-29-23(32)19-11-16(25)8-9-20(19)27-24(29)33-14-21(30)26-17-5-3-6-18(12-17)28-10-4-7-22(28)31/h3,5-6,8-9,11-12,15H,4,7,10,13-14H2,1-2H3,(H,26,30). The Morgan fingerprint density at radius 2 is 2.03 bits per heavy atom. The number of carbonyl (C=O) groups is 2. The molecular weight excluding hydrogens is 460 g/mol. The lowest BCUT2D eigenvalue weighted by atomic mass is 10.2. The Hall–Kier alpha value is -2.84. The third kappa shape index (κ3) is 5.39. The second kappa shape index (κ2) is 9.97. The molecule has 1 aliphatic rings. The largest absolute Gasteiger partial charge is 0.325 e. The molecule has 0 saturated carbocycles. The van der Waals surface area contributed by atoms with Crippen LogP contribution in [0, 0.1) is 5.92 Å². The van der Waals surface area contributed by atoms with Gasteiger partial charge in [0.15, 0.2) is 5.16 Å². The first-order chi connectivity index (χ1) is 15.8. The van der Waals surface area contributed by atoms with Crippen molar-refractivity contribution in [3.05, 3.63) is 57.8 Å². The molecule has 1 fully saturated rings. The van der Waals surface area contributed by atoms with E-state index in [0.29, 0.717) is 46.3 Å². The molecule has 1 N–H and O–H groups in total. The molecule has 172 valence electrons. The molecule has 1 saturated heterocycles. The molecule has 33 heavy (non-hydrogen) atoms. The summed E-state index contributed by atoms with van der Waals surface area (Å²) in [4.78, 5) is 44.1. The molecule has 1 aromatic heterocycles. The summed E-state index contributed by atoms with van der Waals surface area (Å²) in [7, 11) is 0. The van der Waals surface area contributed by atoms with Crippen molar-refractivity contribution < 1.29 is 9.59 Å². The van der Waals surface area contributed by atoms with Crippen molar-refractivity contribution in [1.29, 1.82) is 0 Å². The molecule has 0 radical (unpaired) electrons. The Morgan fingerprint density at radius 3 is 2.76 bits per heavy atom. The van der Waals surface area contributed by atoms with Crippen LogP contribution in [0.5, 0.6) is 0 Å². The van der Waals surface area contributed by atoms with E-state index in [9.17, 15) is 14.4 Å². The van der Waals surface area contributed by atoms with E-state index in [1.165, 1.54) is 11.8 Å². The van der Waals surface area contributed by atoms with Crippen LogP contribution >= 0.6 is 23.4 Å². The van der Waals surface area contributed by atoms with Gasteiger partial charge in [-0.15, -0.1) is 0 Å². The number of aromatic nitrogens is 2. The zero-order valence-corrected chi connectivity index (χ0v) is 20.1. The molecule has 2 heterocycles. The van der Waals surface area contributed by atoms with Crippen molar-refractivity contribution >= 4 is 57.5 Å². The van der Waals surface area contributed by atoms with Gasteiger partial charge in [0.25, 0.3) is 5.56 Å². The lowest BCUT2D eigenvalue weighted by molar-refractivity contribution is -0.117. The van der Waals surface area contributed by atoms with Crippen LogP contribution in [0.1, 0.15) is 26.7 Å². The van der Waals surface area contributed by atoms with E-state index in [0.717, 1.165) is 12.1 Å². The van der Waals surface area contributed by atoms with Gasteiger partial charge in [-0.2, -0.15) is 0 Å². The van der Waals surface area contributed by atoms with Gasteiger partial charge in [-0.25, -0.2) is 4.98 Å². The van der Waals surface area contributed by atoms with Crippen LogP contribution in [0.4, 0.5) is 11.4 Å². The predicted octanol–water partition coefficient (Wildman–Crippen LogP) is 4.56. The van der Waals surface area contributed by atoms with Gasteiger partial charge in [-0.1, -0.05) is 43.3 Å². The number of benzene rings is 2. The van der Waals surface area contributed by atoms with Crippen LogP contribution in [0.2, 0.25) is 5.02 Å². The summed E-state index contributed by atoms with van der Waals surface area (Å²) in [5.41, 5.74) is 1.79. The van der Waals surface area contributed by atoms with Crippen molar-refractivity contribution in [3.8, 4) is 0 Å². The van der Waals surface area contributed by atoms with Crippen molar-refractivity contribution in [3.63, 3.8) is 0 Å². The SMILES string of the molecule is CC(C)Cn1c(SCC(=O)Nc2cccc(N3CCCC3=O)c2)nc2ccc(Cl)cc2c1=O. The average Bonchev–Trinajstić information content (AvgIpc) is 3.21. The molecule has 0 unspecified atom stereocenters. The molecule has 9 heteroatoms. The fourth-order valence-electron chi connectivity index (χ4n) is 3.81. The fourth-order valence-corrected chi connectivity index (χ4v) is 4.79. The van der Waals surface area contributed by atoms with Crippen LogP contribution in [-0.4, -0.2) is 33.7 Å². The molecule has 0 spiro atoms. The number of rotatable bonds is 7. The maximum absolute atomic E-state index is 13.1. The first kappa shape index (κ1) is 23.3. The minimum Gasteiger partial charge on any atom is -0.325 e. The van der Waals surface area contributed by atoms with Crippen LogP contribution in [0.3, 0.4) is 0 Å². The number of hydrogen-bond acceptors (Lipinski definition) is 5. The highest BCUT2D eigenvalue weighted by atomic mass is 35.5. The summed E-state index contributed by atoms with van der Waals surface area (Å²) in [5, 5.41) is 4.32. The highest BCUT2D eigenvalue weighted by Crippen LogP contribution is 2.25. The van der Waals surface area contributed by atoms with Crippen molar-refractivity contribution in [2.45, 2.75) is 38.4 Å². The first-order valence-electron chi connectivity index (χ1n) is 10.8. The third-order valence-corrected chi connectivity index (χ3v) is 6.49. The number of carbonyl (C=O) groups excluding carboxylic acids is 2. The first-order valence-corrected chi connectivity index (χ1v) is 12.2. The number of hydrogen-bond donors (Lipinski definition) is 1. The molecule has 0 bridgehead atoms. The van der Waals surface area contributed by atoms with Gasteiger partial charge in [-0.05, 0) is 48.7 Å². The van der Waals surface area contributed by atoms with E-state index in [2.05, 4.69) is 10.3 Å². The number of fused-ring (bicyclic) bond motifs is 1. The molecule has 0 aliphatic carbocycles. The van der Waals surface area contributed by atoms with Crippen molar-refractivity contribution in [2.24, 2.45) is 5.92 Å². The highest BCUT2D eigenvalue weighted by molar-refractivity contribution is 7.99. The normalized spacial score (nSPS) is 13.8. The van der Waals surface area contributed by atoms with E-state index in [1.54, 1.807) is 39.8 Å². The zero-order valence-electron chi connectivity index (χ0n) is 18.5. The van der Waals surface area contributed by atoms with Gasteiger partial charge < -0.3 is 10.2 Å². The predicted molar refractivity (Wildman–Crippen MR) is 133 cm³/mol. The monoisotopic (exact) mass is 484 g/mol. The summed E-state index contributed by atoms with van der Waals surface area (Å²) in [5.74, 6) is 0.203. The maximum atomic E-state index is 13.1. The molecule has 0 atom stereocenters. The smallest absolute Gasteiger partial charge is 0.262 e. The van der Waals surface area contributed by atoms with E-state index < -0.39 is 0 Å². The van der Waals surface area contributed by atoms with Crippen LogP contribution in [0.15, 0.2) is 52.4 Å². The number of anilines is 2. The molecular formula is C24H25ClN4O3S. The van der Waals surface area contributed by atoms with Crippen LogP contribution in [-0.2, 0) is 16.1 Å². The van der Waals surface area contributed by atoms with E-state index in [1.807, 2.05) is 26.0 Å². The van der Waals surface area contributed by atoms with Gasteiger partial charge in [0.2, 0.25) is 11.8 Å². The van der Waals surface area contributed by atoms with Gasteiger partial charge in [0, 0.05) is 35.9 Å². The lowest BCUT2D eigenvalue weighted by Crippen LogP contribution is -2.26. The zero-order chi connectivity index (χ0) is 23.5. The molecule has 4 rings (SSSR count). The van der Waals surface area contributed by atoms with E-state index in [-0.39, 0.29) is 29.0 Å². The maximum Gasteiger partial charge on any atom is 0.262 e. The summed E-state index contributed by atoms with van der Waals surface area (Å²) < 4.78 is 1.61. The van der Waals surface area contributed by atoms with Crippen LogP contribution < -0.4 is 15.8 Å². The highest BCUT2D eigenvalue weighted by Gasteiger charge is 2.22. The van der Waals surface area contributed by atoms with Gasteiger partial charge in [0.05, 0.1) is 16.7 Å². The summed E-state index contributed by atoms with van der Waals surface area (Å²) >= 11 is 7.29. The Balaban J connectivity index is 1.51. The summed E-state index contributed by atoms with van der Waals surface area (Å²) in [6.07, 6.45) is 1.39. The van der Waals surface area contributed by atoms with Gasteiger partial charge in [0.1, 0.15) is 0 Å². The Morgan fingerprint density at radius 1 is 1.21 bits per heavy atom. The molecule has 7 nitrogen and oxygen atoms in total. The van der Waals surface area contributed by atoms with Gasteiger partial charge in [-0.3, -0.25) is 19.0 Å². The minimum atomic E-state index is -0.216. The Labute approximate surface area is 201 Å². The minimum absolute atomic E-state index is 0.0938. The molecule has 2 amide bonds. The third-order valence-electron chi connectivity index (χ3n) is 5.28. The average molecular weight is 485 g/mol. The number of thioether (sulfide) groups is 1. The lowest BCUT2D eigenvalue weighted by Gasteiger charge is -2.17. The number of halogens is 1. The fraction of sp³-hybridized carbons (Fsp3) is 0.333. The number of amides is 2. The topological polar surface area (TPSA) is 84.3 Å². The Kier molecular flexibility index (Phi) is 7.05. The second-order valence-electron chi connectivity index (χ2n) is 8.40. The molecule has 3 aromatic rings. The second-order valence-corrected chi connectivity index (χ2v) is 9.78. The summed E-state index contributed by atoms with van der Waals surface area (Å²) in [6.45, 7) is 5.23. The van der Waals surface area contributed by atoms with Crippen molar-refractivity contribution in [1.82, 2.24) is 9.55 Å². The van der Waals surface area contributed by atoms with Crippen molar-refractivity contribution in [2.75, 3.05) is 22.5 Å². The quantitative estimate of drug-likeness (QED) is 0.392. The van der Waals surface area contributed by atoms with Gasteiger partial charge >= 0.3 is 0 Å². The number of nitrogens with zero attached hydrogens (tertiary/aromatic N) is 3. The van der Waals surface area contributed by atoms with E-state index >= 15 is 0 Å². The molecule has 1 aliphatic heterocycles. The summed E-state index contributed by atoms with van der Waals surface area (Å²) in [6, 6.07) is 12.3. The molecule has 2 aromatic carbocycles. The Bertz CT molecular complexity index is 1270.